The summed E-state index contributed by atoms with van der Waals surface area (Å²) in [5.74, 6) is 2.85. The van der Waals surface area contributed by atoms with Gasteiger partial charge in [0.05, 0.1) is 6.10 Å². The molecule has 0 bridgehead atoms. The van der Waals surface area contributed by atoms with Crippen molar-refractivity contribution < 1.29 is 14.6 Å². The van der Waals surface area contributed by atoms with Gasteiger partial charge in [0.1, 0.15) is 0 Å². The van der Waals surface area contributed by atoms with Crippen LogP contribution in [0.3, 0.4) is 0 Å². The maximum absolute atomic E-state index is 11.1. The van der Waals surface area contributed by atoms with Crippen LogP contribution in [-0.2, 0) is 4.43 Å². The Morgan fingerprint density at radius 2 is 1.90 bits per heavy atom. The van der Waals surface area contributed by atoms with E-state index in [2.05, 4.69) is 46.5 Å². The van der Waals surface area contributed by atoms with E-state index < -0.39 is 8.32 Å². The fourth-order valence-electron chi connectivity index (χ4n) is 8.69. The highest BCUT2D eigenvalue weighted by atomic mass is 28.4. The zero-order valence-corrected chi connectivity index (χ0v) is 21.3. The van der Waals surface area contributed by atoms with Gasteiger partial charge in [-0.2, -0.15) is 0 Å². The molecule has 3 nitrogen and oxygen atoms in total. The highest BCUT2D eigenvalue weighted by Gasteiger charge is 2.61. The van der Waals surface area contributed by atoms with Crippen LogP contribution in [0.25, 0.3) is 0 Å². The molecule has 0 saturated heterocycles. The van der Waals surface area contributed by atoms with E-state index in [0.717, 1.165) is 25.2 Å². The van der Waals surface area contributed by atoms with Crippen molar-refractivity contribution in [2.75, 3.05) is 6.61 Å². The maximum Gasteiger partial charge on any atom is 0.184 e. The number of fused-ring (bicyclic) bond motifs is 5. The van der Waals surface area contributed by atoms with Crippen molar-refractivity contribution in [3.05, 3.63) is 11.6 Å². The van der Waals surface area contributed by atoms with Crippen molar-refractivity contribution in [2.45, 2.75) is 104 Å². The zero-order chi connectivity index (χ0) is 21.9. The Morgan fingerprint density at radius 3 is 2.57 bits per heavy atom. The molecular weight excluding hydrogens is 388 g/mol. The van der Waals surface area contributed by atoms with Crippen LogP contribution in [0.1, 0.15) is 72.1 Å². The quantitative estimate of drug-likeness (QED) is 0.426. The van der Waals surface area contributed by atoms with Crippen molar-refractivity contribution >= 4 is 8.32 Å². The number of allylic oxidation sites excluding steroid dienone is 1. The van der Waals surface area contributed by atoms with Gasteiger partial charge in [0.25, 0.3) is 0 Å². The average Bonchev–Trinajstić information content (AvgIpc) is 2.91. The second kappa shape index (κ2) is 8.00. The van der Waals surface area contributed by atoms with E-state index in [9.17, 15) is 10.2 Å². The van der Waals surface area contributed by atoms with Gasteiger partial charge in [0.15, 0.2) is 8.32 Å². The van der Waals surface area contributed by atoms with Gasteiger partial charge in [-0.05, 0) is 111 Å². The van der Waals surface area contributed by atoms with E-state index in [1.165, 1.54) is 32.1 Å². The number of rotatable bonds is 5. The van der Waals surface area contributed by atoms with Crippen LogP contribution in [0.15, 0.2) is 11.6 Å². The van der Waals surface area contributed by atoms with Crippen molar-refractivity contribution in [3.8, 4) is 0 Å². The molecule has 4 rings (SSSR count). The summed E-state index contributed by atoms with van der Waals surface area (Å²) >= 11 is 0. The van der Waals surface area contributed by atoms with Gasteiger partial charge < -0.3 is 14.6 Å². The Morgan fingerprint density at radius 1 is 1.17 bits per heavy atom. The van der Waals surface area contributed by atoms with Gasteiger partial charge in [-0.1, -0.05) is 32.4 Å². The zero-order valence-electron chi connectivity index (χ0n) is 20.3. The van der Waals surface area contributed by atoms with Gasteiger partial charge in [-0.3, -0.25) is 0 Å². The van der Waals surface area contributed by atoms with Crippen LogP contribution in [0, 0.1) is 40.4 Å². The van der Waals surface area contributed by atoms with Crippen LogP contribution in [0.5, 0.6) is 0 Å². The molecule has 4 aliphatic rings. The van der Waals surface area contributed by atoms with Gasteiger partial charge in [0.2, 0.25) is 0 Å². The lowest BCUT2D eigenvalue weighted by Crippen LogP contribution is -2.51. The fourth-order valence-corrected chi connectivity index (χ4v) is 9.89. The molecule has 0 aromatic carbocycles. The molecule has 0 aromatic heterocycles. The van der Waals surface area contributed by atoms with E-state index in [4.69, 9.17) is 4.43 Å². The minimum absolute atomic E-state index is 0.195. The third-order valence-corrected chi connectivity index (χ3v) is 10.9. The Kier molecular flexibility index (Phi) is 6.14. The second-order valence-electron chi connectivity index (χ2n) is 12.7. The van der Waals surface area contributed by atoms with E-state index in [-0.39, 0.29) is 18.1 Å². The molecular formula is C26H46O3Si. The predicted molar refractivity (Wildman–Crippen MR) is 126 cm³/mol. The normalized spacial score (nSPS) is 47.1. The van der Waals surface area contributed by atoms with Crippen LogP contribution in [-0.4, -0.2) is 37.3 Å². The number of aliphatic hydroxyl groups is 2. The molecule has 0 heterocycles. The lowest BCUT2D eigenvalue weighted by Gasteiger charge is -2.58. The van der Waals surface area contributed by atoms with Crippen molar-refractivity contribution in [1.82, 2.24) is 0 Å². The third-order valence-electron chi connectivity index (χ3n) is 9.89. The summed E-state index contributed by atoms with van der Waals surface area (Å²) in [6.45, 7) is 14.5. The molecule has 0 aromatic rings. The largest absolute Gasteiger partial charge is 0.414 e. The molecule has 172 valence electrons. The molecule has 4 heteroatoms. The second-order valence-corrected chi connectivity index (χ2v) is 17.2. The average molecular weight is 435 g/mol. The SMILES string of the molecule is C[C@H](CCO)[C@H]1C(O)CC2C3CC=C4C[C@@H](O[Si](C)(C)C)CC[C@]4(C)C3CC[C@@]21C. The number of hydrogen-bond donors (Lipinski definition) is 2. The number of hydrogen-bond acceptors (Lipinski definition) is 3. The minimum Gasteiger partial charge on any atom is -0.414 e. The molecule has 4 unspecified atom stereocenters. The van der Waals surface area contributed by atoms with Gasteiger partial charge in [0, 0.05) is 12.7 Å². The van der Waals surface area contributed by atoms with E-state index >= 15 is 0 Å². The van der Waals surface area contributed by atoms with Crippen molar-refractivity contribution in [1.29, 1.82) is 0 Å². The Bertz CT molecular complexity index is 670. The van der Waals surface area contributed by atoms with E-state index in [1.807, 2.05) is 0 Å². The highest BCUT2D eigenvalue weighted by Crippen LogP contribution is 2.67. The molecule has 0 radical (unpaired) electrons. The van der Waals surface area contributed by atoms with Gasteiger partial charge in [-0.15, -0.1) is 0 Å². The minimum atomic E-state index is -1.49. The summed E-state index contributed by atoms with van der Waals surface area (Å²) in [7, 11) is -1.49. The first-order valence-electron chi connectivity index (χ1n) is 12.7. The Balaban J connectivity index is 1.56. The van der Waals surface area contributed by atoms with E-state index in [0.29, 0.717) is 35.2 Å². The summed E-state index contributed by atoms with van der Waals surface area (Å²) in [6, 6.07) is 0. The first-order chi connectivity index (χ1) is 14.0. The lowest BCUT2D eigenvalue weighted by molar-refractivity contribution is -0.0619. The van der Waals surface area contributed by atoms with Crippen LogP contribution in [0.4, 0.5) is 0 Å². The maximum atomic E-state index is 11.1. The summed E-state index contributed by atoms with van der Waals surface area (Å²) in [6.07, 6.45) is 12.0. The molecule has 0 spiro atoms. The molecule has 2 N–H and O–H groups in total. The summed E-state index contributed by atoms with van der Waals surface area (Å²) in [5.41, 5.74) is 2.25. The molecule has 4 aliphatic carbocycles. The first kappa shape index (κ1) is 23.0. The van der Waals surface area contributed by atoms with Crippen LogP contribution < -0.4 is 0 Å². The first-order valence-corrected chi connectivity index (χ1v) is 16.1. The lowest BCUT2D eigenvalue weighted by atomic mass is 9.47. The third kappa shape index (κ3) is 3.78. The van der Waals surface area contributed by atoms with E-state index in [1.54, 1.807) is 5.57 Å². The van der Waals surface area contributed by atoms with Crippen LogP contribution in [0.2, 0.25) is 19.6 Å². The van der Waals surface area contributed by atoms with Crippen LogP contribution >= 0.6 is 0 Å². The molecule has 9 atom stereocenters. The van der Waals surface area contributed by atoms with Gasteiger partial charge >= 0.3 is 0 Å². The molecule has 3 saturated carbocycles. The Hall–Kier alpha value is -0.163. The number of aliphatic hydroxyl groups excluding tert-OH is 2. The fraction of sp³-hybridized carbons (Fsp3) is 0.923. The highest BCUT2D eigenvalue weighted by molar-refractivity contribution is 6.69. The monoisotopic (exact) mass is 434 g/mol. The molecule has 3 fully saturated rings. The van der Waals surface area contributed by atoms with Gasteiger partial charge in [-0.25, -0.2) is 0 Å². The molecule has 0 aliphatic heterocycles. The van der Waals surface area contributed by atoms with Crippen molar-refractivity contribution in [3.63, 3.8) is 0 Å². The standard InChI is InChI=1S/C26H46O3Si/c1-17(11-14-27)24-23(28)16-22-20-8-7-18-15-19(29-30(4,5)6)9-12-25(18,2)21(20)10-13-26(22,24)3/h7,17,19-24,27-28H,8-16H2,1-6H3/t17-,19+,20?,21?,22?,23?,24+,25+,26+/m1/s1. The van der Waals surface area contributed by atoms with Crippen molar-refractivity contribution in [2.24, 2.45) is 40.4 Å². The smallest absolute Gasteiger partial charge is 0.184 e. The molecule has 30 heavy (non-hydrogen) atoms. The summed E-state index contributed by atoms with van der Waals surface area (Å²) in [5, 5.41) is 20.6. The molecule has 0 amide bonds. The Labute approximate surface area is 185 Å². The summed E-state index contributed by atoms with van der Waals surface area (Å²) in [4.78, 5) is 0. The summed E-state index contributed by atoms with van der Waals surface area (Å²) < 4.78 is 6.52. The predicted octanol–water partition coefficient (Wildman–Crippen LogP) is 5.77. The topological polar surface area (TPSA) is 49.7 Å².